The van der Waals surface area contributed by atoms with Gasteiger partial charge in [0, 0.05) is 0 Å². The first-order chi connectivity index (χ1) is 8.61. The van der Waals surface area contributed by atoms with Gasteiger partial charge in [0.25, 0.3) is 0 Å². The molecule has 0 fully saturated rings. The highest BCUT2D eigenvalue weighted by Gasteiger charge is 2.15. The van der Waals surface area contributed by atoms with Crippen LogP contribution < -0.4 is 5.19 Å². The van der Waals surface area contributed by atoms with E-state index < -0.39 is 14.8 Å². The molecule has 18 heavy (non-hydrogen) atoms. The molecule has 0 spiro atoms. The maximum atomic E-state index is 11.3. The van der Waals surface area contributed by atoms with Crippen molar-refractivity contribution in [2.45, 2.75) is 13.1 Å². The fourth-order valence-electron chi connectivity index (χ4n) is 2.06. The topological polar surface area (TPSA) is 37.3 Å². The van der Waals surface area contributed by atoms with Crippen LogP contribution in [0.15, 0.2) is 48.5 Å². The van der Waals surface area contributed by atoms with E-state index in [9.17, 15) is 9.90 Å². The maximum absolute atomic E-state index is 11.3. The van der Waals surface area contributed by atoms with Crippen LogP contribution in [0.2, 0.25) is 13.1 Å². The number of carboxylic acids is 1. The highest BCUT2D eigenvalue weighted by atomic mass is 28.3. The van der Waals surface area contributed by atoms with E-state index in [1.54, 1.807) is 12.1 Å². The van der Waals surface area contributed by atoms with Gasteiger partial charge in [0.15, 0.2) is 0 Å². The number of benzene rings is 2. The van der Waals surface area contributed by atoms with E-state index in [4.69, 9.17) is 0 Å². The van der Waals surface area contributed by atoms with E-state index in [1.807, 2.05) is 30.3 Å². The van der Waals surface area contributed by atoms with Crippen LogP contribution in [0.4, 0.5) is 0 Å². The third-order valence-corrected chi connectivity index (χ3v) is 4.43. The quantitative estimate of drug-likeness (QED) is 0.856. The van der Waals surface area contributed by atoms with Gasteiger partial charge in [-0.1, -0.05) is 60.7 Å². The smallest absolute Gasteiger partial charge is 0.336 e. The molecule has 2 aromatic carbocycles. The third kappa shape index (κ3) is 2.36. The van der Waals surface area contributed by atoms with Crippen molar-refractivity contribution in [3.05, 3.63) is 54.1 Å². The van der Waals surface area contributed by atoms with Gasteiger partial charge >= 0.3 is 5.97 Å². The second-order valence-electron chi connectivity index (χ2n) is 4.40. The lowest BCUT2D eigenvalue weighted by atomic mass is 10.00. The number of hydrogen-bond donors (Lipinski definition) is 1. The molecule has 0 aliphatic heterocycles. The van der Waals surface area contributed by atoms with Crippen LogP contribution >= 0.6 is 0 Å². The van der Waals surface area contributed by atoms with Crippen LogP contribution in [-0.4, -0.2) is 19.9 Å². The summed E-state index contributed by atoms with van der Waals surface area (Å²) in [6.45, 7) is 4.43. The van der Waals surface area contributed by atoms with Gasteiger partial charge in [-0.2, -0.15) is 0 Å². The number of carboxylic acid groups (broad SMARTS) is 1. The van der Waals surface area contributed by atoms with E-state index >= 15 is 0 Å². The summed E-state index contributed by atoms with van der Waals surface area (Å²) in [6, 6.07) is 15.3. The minimum atomic E-state index is -0.874. The van der Waals surface area contributed by atoms with Gasteiger partial charge in [-0.05, 0) is 17.2 Å². The molecule has 0 amide bonds. The molecule has 91 valence electrons. The number of hydrogen-bond acceptors (Lipinski definition) is 1. The molecule has 0 saturated heterocycles. The van der Waals surface area contributed by atoms with Crippen molar-refractivity contribution in [3.63, 3.8) is 0 Å². The maximum Gasteiger partial charge on any atom is 0.336 e. The Labute approximate surface area is 109 Å². The van der Waals surface area contributed by atoms with Crippen molar-refractivity contribution < 1.29 is 9.90 Å². The van der Waals surface area contributed by atoms with Crippen molar-refractivity contribution in [2.24, 2.45) is 0 Å². The summed E-state index contributed by atoms with van der Waals surface area (Å²) in [4.78, 5) is 11.3. The summed E-state index contributed by atoms with van der Waals surface area (Å²) in [5.74, 6) is -0.874. The molecule has 0 aromatic heterocycles. The molecule has 0 aliphatic carbocycles. The Morgan fingerprint density at radius 1 is 0.944 bits per heavy atom. The fourth-order valence-corrected chi connectivity index (χ4v) is 3.24. The van der Waals surface area contributed by atoms with E-state index in [1.165, 1.54) is 5.19 Å². The lowest BCUT2D eigenvalue weighted by molar-refractivity contribution is 0.0698. The predicted molar refractivity (Wildman–Crippen MR) is 76.0 cm³/mol. The molecule has 2 aromatic rings. The second kappa shape index (κ2) is 5.19. The first-order valence-electron chi connectivity index (χ1n) is 5.83. The Kier molecular flexibility index (Phi) is 3.62. The summed E-state index contributed by atoms with van der Waals surface area (Å²) in [5, 5.41) is 10.5. The number of aromatic carboxylic acids is 1. The molecule has 1 N–H and O–H groups in total. The largest absolute Gasteiger partial charge is 0.478 e. The van der Waals surface area contributed by atoms with Crippen molar-refractivity contribution in [2.75, 3.05) is 0 Å². The average molecular weight is 255 g/mol. The molecule has 0 atom stereocenters. The molecule has 0 bridgehead atoms. The predicted octanol–water partition coefficient (Wildman–Crippen LogP) is 3.01. The summed E-state index contributed by atoms with van der Waals surface area (Å²) in [5.41, 5.74) is 2.23. The van der Waals surface area contributed by atoms with Crippen LogP contribution in [-0.2, 0) is 0 Å². The minimum Gasteiger partial charge on any atom is -0.478 e. The van der Waals surface area contributed by atoms with E-state index in [0.717, 1.165) is 11.1 Å². The first kappa shape index (κ1) is 12.6. The molecule has 1 radical (unpaired) electrons. The van der Waals surface area contributed by atoms with Gasteiger partial charge in [0.2, 0.25) is 0 Å². The highest BCUT2D eigenvalue weighted by molar-refractivity contribution is 6.72. The number of carbonyl (C=O) groups is 1. The normalized spacial score (nSPS) is 10.6. The Morgan fingerprint density at radius 2 is 1.50 bits per heavy atom. The van der Waals surface area contributed by atoms with Crippen LogP contribution in [0, 0.1) is 0 Å². The molecule has 0 saturated carbocycles. The van der Waals surface area contributed by atoms with Gasteiger partial charge in [-0.3, -0.25) is 0 Å². The van der Waals surface area contributed by atoms with Crippen LogP contribution in [0.1, 0.15) is 10.4 Å². The summed E-state index contributed by atoms with van der Waals surface area (Å²) in [6.07, 6.45) is 0. The van der Waals surface area contributed by atoms with Crippen LogP contribution in [0.3, 0.4) is 0 Å². The van der Waals surface area contributed by atoms with E-state index in [2.05, 4.69) is 19.2 Å². The summed E-state index contributed by atoms with van der Waals surface area (Å²) < 4.78 is 0. The van der Waals surface area contributed by atoms with Crippen molar-refractivity contribution in [3.8, 4) is 11.1 Å². The van der Waals surface area contributed by atoms with Crippen molar-refractivity contribution in [1.29, 1.82) is 0 Å². The highest BCUT2D eigenvalue weighted by Crippen LogP contribution is 2.22. The molecule has 0 aliphatic rings. The van der Waals surface area contributed by atoms with Gasteiger partial charge in [-0.25, -0.2) is 4.79 Å². The van der Waals surface area contributed by atoms with Crippen LogP contribution in [0.25, 0.3) is 11.1 Å². The molecule has 2 rings (SSSR count). The van der Waals surface area contributed by atoms with Crippen molar-refractivity contribution in [1.82, 2.24) is 0 Å². The minimum absolute atomic E-state index is 0.369. The van der Waals surface area contributed by atoms with Crippen molar-refractivity contribution >= 4 is 20.0 Å². The third-order valence-electron chi connectivity index (χ3n) is 2.91. The Morgan fingerprint density at radius 3 is 2.11 bits per heavy atom. The Bertz CT molecular complexity index is 576. The van der Waals surface area contributed by atoms with Crippen LogP contribution in [0.5, 0.6) is 0 Å². The molecular formula is C15H15O2Si. The molecule has 0 unspecified atom stereocenters. The van der Waals surface area contributed by atoms with Gasteiger partial charge < -0.3 is 5.11 Å². The van der Waals surface area contributed by atoms with E-state index in [-0.39, 0.29) is 0 Å². The number of rotatable bonds is 3. The summed E-state index contributed by atoms with van der Waals surface area (Å²) in [7, 11) is -0.624. The van der Waals surface area contributed by atoms with Gasteiger partial charge in [-0.15, -0.1) is 0 Å². The first-order valence-corrected chi connectivity index (χ1v) is 8.33. The zero-order chi connectivity index (χ0) is 13.1. The summed E-state index contributed by atoms with van der Waals surface area (Å²) >= 11 is 0. The Hall–Kier alpha value is -1.87. The van der Waals surface area contributed by atoms with Gasteiger partial charge in [0.1, 0.15) is 0 Å². The fraction of sp³-hybridized carbons (Fsp3) is 0.133. The lowest BCUT2D eigenvalue weighted by Crippen LogP contribution is -2.25. The standard InChI is InChI=1S/C15H15O2Si/c1-18(2)14-10-6-5-8-12(14)11-7-3-4-9-13(11)15(16)17/h3-10H,1-2H3,(H,16,17). The molecule has 0 heterocycles. The molecule has 3 heteroatoms. The molecule has 2 nitrogen and oxygen atoms in total. The lowest BCUT2D eigenvalue weighted by Gasteiger charge is -2.13. The monoisotopic (exact) mass is 255 g/mol. The van der Waals surface area contributed by atoms with E-state index in [0.29, 0.717) is 5.56 Å². The zero-order valence-corrected chi connectivity index (χ0v) is 11.5. The van der Waals surface area contributed by atoms with Gasteiger partial charge in [0.05, 0.1) is 14.4 Å². The molecular weight excluding hydrogens is 240 g/mol. The second-order valence-corrected chi connectivity index (χ2v) is 6.93. The Balaban J connectivity index is 2.66. The SMILES string of the molecule is C[Si](C)c1ccccc1-c1ccccc1C(=O)O. The average Bonchev–Trinajstić information content (AvgIpc) is 2.38. The zero-order valence-electron chi connectivity index (χ0n) is 10.5.